The van der Waals surface area contributed by atoms with Crippen molar-refractivity contribution in [3.05, 3.63) is 11.9 Å². The van der Waals surface area contributed by atoms with E-state index in [2.05, 4.69) is 15.6 Å². The van der Waals surface area contributed by atoms with Gasteiger partial charge in [0.1, 0.15) is 0 Å². The predicted octanol–water partition coefficient (Wildman–Crippen LogP) is -1.01. The largest absolute Gasteiger partial charge is 0.351 e. The molecule has 6 nitrogen and oxygen atoms in total. The number of carbonyl (C=O) groups excluding carboxylic acids is 1. The zero-order chi connectivity index (χ0) is 9.68. The average molecular weight is 183 g/mol. The molecule has 0 bridgehead atoms. The Morgan fingerprint density at radius 3 is 3.15 bits per heavy atom. The number of amides is 1. The van der Waals surface area contributed by atoms with Gasteiger partial charge >= 0.3 is 0 Å². The summed E-state index contributed by atoms with van der Waals surface area (Å²) in [5.74, 6) is -0.203. The number of nitrogens with one attached hydrogen (secondary N) is 1. The summed E-state index contributed by atoms with van der Waals surface area (Å²) in [6, 6.07) is 0. The Morgan fingerprint density at radius 2 is 2.54 bits per heavy atom. The van der Waals surface area contributed by atoms with Gasteiger partial charge in [0.05, 0.1) is 12.7 Å². The smallest absolute Gasteiger partial charge is 0.273 e. The summed E-state index contributed by atoms with van der Waals surface area (Å²) >= 11 is 0. The molecule has 0 saturated carbocycles. The van der Waals surface area contributed by atoms with Crippen molar-refractivity contribution in [3.8, 4) is 0 Å². The molecule has 3 N–H and O–H groups in total. The van der Waals surface area contributed by atoms with Gasteiger partial charge in [-0.2, -0.15) is 0 Å². The first-order valence-corrected chi connectivity index (χ1v) is 4.16. The summed E-state index contributed by atoms with van der Waals surface area (Å²) in [6.07, 6.45) is 1.58. The molecule has 1 heterocycles. The Bertz CT molecular complexity index is 282. The third-order valence-corrected chi connectivity index (χ3v) is 1.47. The maximum absolute atomic E-state index is 11.2. The zero-order valence-electron chi connectivity index (χ0n) is 7.53. The monoisotopic (exact) mass is 183 g/mol. The van der Waals surface area contributed by atoms with Gasteiger partial charge in [0.2, 0.25) is 0 Å². The molecule has 72 valence electrons. The molecule has 1 amide bonds. The second-order valence-corrected chi connectivity index (χ2v) is 2.51. The van der Waals surface area contributed by atoms with E-state index in [0.29, 0.717) is 25.3 Å². The number of hydrogen-bond acceptors (Lipinski definition) is 4. The van der Waals surface area contributed by atoms with Crippen molar-refractivity contribution >= 4 is 5.91 Å². The van der Waals surface area contributed by atoms with Crippen LogP contribution in [-0.2, 0) is 6.54 Å². The van der Waals surface area contributed by atoms with Crippen LogP contribution in [0.4, 0.5) is 0 Å². The molecular formula is C7H13N5O. The molecule has 0 aliphatic carbocycles. The number of aromatic nitrogens is 3. The van der Waals surface area contributed by atoms with E-state index < -0.39 is 0 Å². The average Bonchev–Trinajstić information content (AvgIpc) is 2.54. The summed E-state index contributed by atoms with van der Waals surface area (Å²) in [6.45, 7) is 3.50. The maximum atomic E-state index is 11.2. The van der Waals surface area contributed by atoms with E-state index in [1.54, 1.807) is 10.9 Å². The van der Waals surface area contributed by atoms with Gasteiger partial charge in [0.15, 0.2) is 5.69 Å². The Hall–Kier alpha value is -1.43. The van der Waals surface area contributed by atoms with Gasteiger partial charge in [-0.05, 0) is 6.92 Å². The van der Waals surface area contributed by atoms with E-state index in [0.717, 1.165) is 0 Å². The topological polar surface area (TPSA) is 85.8 Å². The fraction of sp³-hybridized carbons (Fsp3) is 0.571. The highest BCUT2D eigenvalue weighted by Crippen LogP contribution is 1.91. The summed E-state index contributed by atoms with van der Waals surface area (Å²) in [7, 11) is 0. The van der Waals surface area contributed by atoms with Crippen LogP contribution < -0.4 is 11.1 Å². The minimum Gasteiger partial charge on any atom is -0.351 e. The fourth-order valence-electron chi connectivity index (χ4n) is 0.895. The van der Waals surface area contributed by atoms with Crippen LogP contribution in [0, 0.1) is 0 Å². The van der Waals surface area contributed by atoms with Gasteiger partial charge in [0, 0.05) is 13.1 Å². The Balaban J connectivity index is 2.62. The van der Waals surface area contributed by atoms with Crippen LogP contribution in [0.5, 0.6) is 0 Å². The summed E-state index contributed by atoms with van der Waals surface area (Å²) in [4.78, 5) is 11.2. The summed E-state index contributed by atoms with van der Waals surface area (Å²) < 4.78 is 1.55. The molecule has 0 aliphatic rings. The SMILES string of the molecule is CCNC(=O)c1cn(CCN)nn1. The van der Waals surface area contributed by atoms with E-state index in [-0.39, 0.29) is 5.91 Å². The lowest BCUT2D eigenvalue weighted by molar-refractivity contribution is 0.0951. The molecule has 1 aromatic heterocycles. The Morgan fingerprint density at radius 1 is 1.77 bits per heavy atom. The molecule has 0 fully saturated rings. The Labute approximate surface area is 76.1 Å². The molecule has 0 radical (unpaired) electrons. The Kier molecular flexibility index (Phi) is 3.39. The molecule has 13 heavy (non-hydrogen) atoms. The second kappa shape index (κ2) is 4.56. The third kappa shape index (κ3) is 2.51. The summed E-state index contributed by atoms with van der Waals surface area (Å²) in [5, 5.41) is 10.1. The lowest BCUT2D eigenvalue weighted by Crippen LogP contribution is -2.23. The molecule has 1 rings (SSSR count). The van der Waals surface area contributed by atoms with Gasteiger partial charge in [-0.25, -0.2) is 0 Å². The van der Waals surface area contributed by atoms with Crippen LogP contribution in [-0.4, -0.2) is 34.0 Å². The highest BCUT2D eigenvalue weighted by Gasteiger charge is 2.08. The highest BCUT2D eigenvalue weighted by molar-refractivity contribution is 5.91. The minimum absolute atomic E-state index is 0.203. The zero-order valence-corrected chi connectivity index (χ0v) is 7.53. The first-order valence-electron chi connectivity index (χ1n) is 4.16. The molecule has 0 aromatic carbocycles. The molecule has 6 heteroatoms. The van der Waals surface area contributed by atoms with Crippen molar-refractivity contribution < 1.29 is 4.79 Å². The van der Waals surface area contributed by atoms with E-state index in [4.69, 9.17) is 5.73 Å². The minimum atomic E-state index is -0.203. The van der Waals surface area contributed by atoms with Gasteiger partial charge in [-0.15, -0.1) is 5.10 Å². The van der Waals surface area contributed by atoms with Crippen molar-refractivity contribution in [2.75, 3.05) is 13.1 Å². The van der Waals surface area contributed by atoms with Crippen LogP contribution >= 0.6 is 0 Å². The number of rotatable bonds is 4. The van der Waals surface area contributed by atoms with Crippen LogP contribution in [0.2, 0.25) is 0 Å². The molecule has 0 saturated heterocycles. The lowest BCUT2D eigenvalue weighted by atomic mass is 10.4. The van der Waals surface area contributed by atoms with Crippen molar-refractivity contribution in [1.29, 1.82) is 0 Å². The van der Waals surface area contributed by atoms with Crippen LogP contribution in [0.1, 0.15) is 17.4 Å². The lowest BCUT2D eigenvalue weighted by Gasteiger charge is -1.95. The van der Waals surface area contributed by atoms with E-state index in [1.165, 1.54) is 0 Å². The number of hydrogen-bond donors (Lipinski definition) is 2. The van der Waals surface area contributed by atoms with Crippen LogP contribution in [0.3, 0.4) is 0 Å². The van der Waals surface area contributed by atoms with Gasteiger partial charge in [-0.3, -0.25) is 9.48 Å². The molecule has 0 atom stereocenters. The fourth-order valence-corrected chi connectivity index (χ4v) is 0.895. The summed E-state index contributed by atoms with van der Waals surface area (Å²) in [5.41, 5.74) is 5.64. The van der Waals surface area contributed by atoms with Crippen molar-refractivity contribution in [2.45, 2.75) is 13.5 Å². The van der Waals surface area contributed by atoms with Crippen molar-refractivity contribution in [3.63, 3.8) is 0 Å². The van der Waals surface area contributed by atoms with Crippen molar-refractivity contribution in [2.24, 2.45) is 5.73 Å². The van der Waals surface area contributed by atoms with E-state index in [9.17, 15) is 4.79 Å². The predicted molar refractivity (Wildman–Crippen MR) is 47.1 cm³/mol. The van der Waals surface area contributed by atoms with E-state index >= 15 is 0 Å². The standard InChI is InChI=1S/C7H13N5O/c1-2-9-7(13)6-5-12(4-3-8)11-10-6/h5H,2-4,8H2,1H3,(H,9,13). The maximum Gasteiger partial charge on any atom is 0.273 e. The van der Waals surface area contributed by atoms with E-state index in [1.807, 2.05) is 6.92 Å². The molecular weight excluding hydrogens is 170 g/mol. The number of nitrogens with zero attached hydrogens (tertiary/aromatic N) is 3. The third-order valence-electron chi connectivity index (χ3n) is 1.47. The van der Waals surface area contributed by atoms with Gasteiger partial charge in [-0.1, -0.05) is 5.21 Å². The van der Waals surface area contributed by atoms with Crippen LogP contribution in [0.15, 0.2) is 6.20 Å². The van der Waals surface area contributed by atoms with Gasteiger partial charge in [0.25, 0.3) is 5.91 Å². The first-order chi connectivity index (χ1) is 6.27. The van der Waals surface area contributed by atoms with Crippen molar-refractivity contribution in [1.82, 2.24) is 20.3 Å². The van der Waals surface area contributed by atoms with Crippen LogP contribution in [0.25, 0.3) is 0 Å². The molecule has 1 aromatic rings. The normalized spacial score (nSPS) is 10.0. The van der Waals surface area contributed by atoms with Gasteiger partial charge < -0.3 is 11.1 Å². The second-order valence-electron chi connectivity index (χ2n) is 2.51. The number of carbonyl (C=O) groups is 1. The number of nitrogens with two attached hydrogens (primary N) is 1. The molecule has 0 spiro atoms. The molecule has 0 aliphatic heterocycles. The molecule has 0 unspecified atom stereocenters. The highest BCUT2D eigenvalue weighted by atomic mass is 16.1. The quantitative estimate of drug-likeness (QED) is 0.626. The first kappa shape index (κ1) is 9.66.